The van der Waals surface area contributed by atoms with Crippen molar-refractivity contribution in [3.8, 4) is 5.75 Å². The van der Waals surface area contributed by atoms with Crippen LogP contribution < -0.4 is 10.1 Å². The van der Waals surface area contributed by atoms with Crippen LogP contribution in [0.25, 0.3) is 5.57 Å². The average molecular weight is 382 g/mol. The van der Waals surface area contributed by atoms with Gasteiger partial charge in [0.1, 0.15) is 17.3 Å². The minimum atomic E-state index is -0.398. The van der Waals surface area contributed by atoms with Gasteiger partial charge in [-0.15, -0.1) is 0 Å². The first-order chi connectivity index (χ1) is 13.4. The number of ether oxygens (including phenoxy) is 1. The number of nitrogens with one attached hydrogen (secondary N) is 1. The van der Waals surface area contributed by atoms with E-state index in [2.05, 4.69) is 5.32 Å². The SMILES string of the molecule is CCCOc1ccc(C2=C(Nc3ccc(F)cc3)C(=O)N(C(C)C)C2=O)cc1. The fraction of sp³-hybridized carbons (Fsp3) is 0.273. The summed E-state index contributed by atoms with van der Waals surface area (Å²) in [6, 6.07) is 12.5. The fourth-order valence-electron chi connectivity index (χ4n) is 3.02. The maximum absolute atomic E-state index is 13.2. The number of rotatable bonds is 7. The van der Waals surface area contributed by atoms with Gasteiger partial charge < -0.3 is 10.1 Å². The van der Waals surface area contributed by atoms with E-state index < -0.39 is 5.91 Å². The number of amides is 2. The Hall–Kier alpha value is -3.15. The van der Waals surface area contributed by atoms with Gasteiger partial charge in [0.25, 0.3) is 11.8 Å². The van der Waals surface area contributed by atoms with Gasteiger partial charge in [0.05, 0.1) is 12.2 Å². The molecule has 1 N–H and O–H groups in total. The molecule has 0 radical (unpaired) electrons. The Balaban J connectivity index is 2.00. The molecular formula is C22H23FN2O3. The molecule has 2 aromatic carbocycles. The van der Waals surface area contributed by atoms with E-state index in [1.165, 1.54) is 29.2 Å². The molecule has 0 fully saturated rings. The average Bonchev–Trinajstić information content (AvgIpc) is 2.92. The lowest BCUT2D eigenvalue weighted by atomic mass is 10.0. The van der Waals surface area contributed by atoms with Crippen LogP contribution in [0, 0.1) is 5.82 Å². The molecule has 0 spiro atoms. The standard InChI is InChI=1S/C22H23FN2O3/c1-4-13-28-18-11-5-15(6-12-18)19-20(22(27)25(14(2)3)21(19)26)24-17-9-7-16(23)8-10-17/h5-12,14,24H,4,13H2,1-3H3. The van der Waals surface area contributed by atoms with Crippen molar-refractivity contribution in [1.29, 1.82) is 0 Å². The first kappa shape index (κ1) is 19.6. The molecule has 1 heterocycles. The van der Waals surface area contributed by atoms with E-state index in [9.17, 15) is 14.0 Å². The summed E-state index contributed by atoms with van der Waals surface area (Å²) in [6.45, 7) is 6.21. The quantitative estimate of drug-likeness (QED) is 0.729. The molecular weight excluding hydrogens is 359 g/mol. The highest BCUT2D eigenvalue weighted by molar-refractivity contribution is 6.36. The van der Waals surface area contributed by atoms with Crippen molar-refractivity contribution in [2.24, 2.45) is 0 Å². The minimum absolute atomic E-state index is 0.188. The number of benzene rings is 2. The third-order valence-corrected chi connectivity index (χ3v) is 4.36. The summed E-state index contributed by atoms with van der Waals surface area (Å²) in [5.41, 5.74) is 1.64. The van der Waals surface area contributed by atoms with Gasteiger partial charge in [-0.3, -0.25) is 14.5 Å². The molecule has 0 atom stereocenters. The molecule has 0 bridgehead atoms. The van der Waals surface area contributed by atoms with Crippen molar-refractivity contribution < 1.29 is 18.7 Å². The van der Waals surface area contributed by atoms with Crippen LogP contribution in [0.1, 0.15) is 32.8 Å². The van der Waals surface area contributed by atoms with Gasteiger partial charge in [-0.1, -0.05) is 19.1 Å². The van der Waals surface area contributed by atoms with Crippen LogP contribution in [0.15, 0.2) is 54.2 Å². The summed E-state index contributed by atoms with van der Waals surface area (Å²) in [4.78, 5) is 27.1. The Bertz CT molecular complexity index is 902. The highest BCUT2D eigenvalue weighted by Crippen LogP contribution is 2.32. The predicted octanol–water partition coefficient (Wildman–Crippen LogP) is 4.21. The topological polar surface area (TPSA) is 58.6 Å². The molecule has 2 amide bonds. The number of carbonyl (C=O) groups is 2. The first-order valence-corrected chi connectivity index (χ1v) is 9.30. The summed E-state index contributed by atoms with van der Waals surface area (Å²) in [5, 5.41) is 3.00. The zero-order valence-electron chi connectivity index (χ0n) is 16.2. The van der Waals surface area contributed by atoms with E-state index in [4.69, 9.17) is 4.74 Å². The first-order valence-electron chi connectivity index (χ1n) is 9.30. The Morgan fingerprint density at radius 2 is 1.64 bits per heavy atom. The molecule has 0 aromatic heterocycles. The second-order valence-corrected chi connectivity index (χ2v) is 6.83. The normalized spacial score (nSPS) is 14.2. The summed E-state index contributed by atoms with van der Waals surface area (Å²) in [5.74, 6) is -0.422. The van der Waals surface area contributed by atoms with Crippen LogP contribution >= 0.6 is 0 Å². The van der Waals surface area contributed by atoms with E-state index in [1.54, 1.807) is 38.1 Å². The largest absolute Gasteiger partial charge is 0.494 e. The molecule has 28 heavy (non-hydrogen) atoms. The molecule has 6 heteroatoms. The summed E-state index contributed by atoms with van der Waals surface area (Å²) in [6.07, 6.45) is 0.898. The van der Waals surface area contributed by atoms with E-state index in [0.717, 1.165) is 6.42 Å². The van der Waals surface area contributed by atoms with Gasteiger partial charge in [0, 0.05) is 11.7 Å². The summed E-state index contributed by atoms with van der Waals surface area (Å²) < 4.78 is 18.8. The van der Waals surface area contributed by atoms with Crippen molar-refractivity contribution >= 4 is 23.1 Å². The van der Waals surface area contributed by atoms with E-state index in [1.807, 2.05) is 6.92 Å². The molecule has 146 valence electrons. The van der Waals surface area contributed by atoms with Crippen molar-refractivity contribution in [1.82, 2.24) is 4.90 Å². The number of halogens is 1. The summed E-state index contributed by atoms with van der Waals surface area (Å²) >= 11 is 0. The highest BCUT2D eigenvalue weighted by atomic mass is 19.1. The molecule has 1 aliphatic heterocycles. The third-order valence-electron chi connectivity index (χ3n) is 4.36. The predicted molar refractivity (Wildman–Crippen MR) is 106 cm³/mol. The Morgan fingerprint density at radius 3 is 2.21 bits per heavy atom. The number of nitrogens with zero attached hydrogens (tertiary/aromatic N) is 1. The number of imide groups is 1. The molecule has 5 nitrogen and oxygen atoms in total. The Labute approximate surface area is 163 Å². The van der Waals surface area contributed by atoms with Gasteiger partial charge >= 0.3 is 0 Å². The maximum atomic E-state index is 13.2. The third kappa shape index (κ3) is 3.91. The van der Waals surface area contributed by atoms with Crippen molar-refractivity contribution in [3.05, 3.63) is 65.6 Å². The van der Waals surface area contributed by atoms with Gasteiger partial charge in [0.2, 0.25) is 0 Å². The molecule has 0 unspecified atom stereocenters. The lowest BCUT2D eigenvalue weighted by Crippen LogP contribution is -2.38. The minimum Gasteiger partial charge on any atom is -0.494 e. The van der Waals surface area contributed by atoms with E-state index in [0.29, 0.717) is 29.2 Å². The van der Waals surface area contributed by atoms with Crippen LogP contribution in [0.5, 0.6) is 5.75 Å². The van der Waals surface area contributed by atoms with Gasteiger partial charge in [-0.05, 0) is 62.2 Å². The fourth-order valence-corrected chi connectivity index (χ4v) is 3.02. The lowest BCUT2D eigenvalue weighted by Gasteiger charge is -2.19. The number of hydrogen-bond donors (Lipinski definition) is 1. The van der Waals surface area contributed by atoms with Crippen molar-refractivity contribution in [3.63, 3.8) is 0 Å². The number of anilines is 1. The van der Waals surface area contributed by atoms with Gasteiger partial charge in [0.15, 0.2) is 0 Å². The van der Waals surface area contributed by atoms with Crippen molar-refractivity contribution in [2.45, 2.75) is 33.2 Å². The van der Waals surface area contributed by atoms with Gasteiger partial charge in [-0.2, -0.15) is 0 Å². The maximum Gasteiger partial charge on any atom is 0.278 e. The second kappa shape index (κ2) is 8.25. The van der Waals surface area contributed by atoms with E-state index in [-0.39, 0.29) is 23.5 Å². The highest BCUT2D eigenvalue weighted by Gasteiger charge is 2.40. The molecule has 1 aliphatic rings. The monoisotopic (exact) mass is 382 g/mol. The van der Waals surface area contributed by atoms with Crippen LogP contribution in [0.3, 0.4) is 0 Å². The molecule has 0 saturated heterocycles. The second-order valence-electron chi connectivity index (χ2n) is 6.83. The molecule has 0 saturated carbocycles. The Morgan fingerprint density at radius 1 is 1.00 bits per heavy atom. The number of carbonyl (C=O) groups excluding carboxylic acids is 2. The Kier molecular flexibility index (Phi) is 5.78. The molecule has 3 rings (SSSR count). The molecule has 2 aromatic rings. The zero-order valence-corrected chi connectivity index (χ0v) is 16.2. The van der Waals surface area contributed by atoms with Crippen LogP contribution in [-0.4, -0.2) is 29.4 Å². The number of hydrogen-bond acceptors (Lipinski definition) is 4. The van der Waals surface area contributed by atoms with E-state index >= 15 is 0 Å². The molecule has 0 aliphatic carbocycles. The lowest BCUT2D eigenvalue weighted by molar-refractivity contribution is -0.138. The van der Waals surface area contributed by atoms with Crippen LogP contribution in [0.4, 0.5) is 10.1 Å². The van der Waals surface area contributed by atoms with Gasteiger partial charge in [-0.25, -0.2) is 4.39 Å². The van der Waals surface area contributed by atoms with Crippen LogP contribution in [-0.2, 0) is 9.59 Å². The van der Waals surface area contributed by atoms with Crippen molar-refractivity contribution in [2.75, 3.05) is 11.9 Å². The summed E-state index contributed by atoms with van der Waals surface area (Å²) in [7, 11) is 0. The zero-order chi connectivity index (χ0) is 20.3. The smallest absolute Gasteiger partial charge is 0.278 e. The van der Waals surface area contributed by atoms with Crippen LogP contribution in [0.2, 0.25) is 0 Å².